The molecule has 0 radical (unpaired) electrons. The second-order valence-electron chi connectivity index (χ2n) is 9.53. The summed E-state index contributed by atoms with van der Waals surface area (Å²) in [4.78, 5) is 23.6. The fourth-order valence-corrected chi connectivity index (χ4v) is 7.01. The molecule has 1 N–H and O–H groups in total. The van der Waals surface area contributed by atoms with Crippen molar-refractivity contribution >= 4 is 22.5 Å². The van der Waals surface area contributed by atoms with Crippen LogP contribution in [-0.4, -0.2) is 33.9 Å². The van der Waals surface area contributed by atoms with Crippen molar-refractivity contribution in [3.05, 3.63) is 36.2 Å². The Balaban J connectivity index is 1.24. The fourth-order valence-electron chi connectivity index (χ4n) is 7.01. The molecule has 4 saturated carbocycles. The van der Waals surface area contributed by atoms with Gasteiger partial charge in [-0.05, 0) is 80.4 Å². The quantitative estimate of drug-likeness (QED) is 0.862. The van der Waals surface area contributed by atoms with Gasteiger partial charge in [0.1, 0.15) is 0 Å². The molecule has 0 aromatic carbocycles. The van der Waals surface area contributed by atoms with Gasteiger partial charge in [-0.25, -0.2) is 0 Å². The lowest BCUT2D eigenvalue weighted by Gasteiger charge is -2.56. The number of pyridine rings is 1. The third kappa shape index (κ3) is 2.41. The largest absolute Gasteiger partial charge is 0.359 e. The van der Waals surface area contributed by atoms with E-state index in [-0.39, 0.29) is 5.41 Å². The van der Waals surface area contributed by atoms with E-state index in [4.69, 9.17) is 0 Å². The second-order valence-corrected chi connectivity index (χ2v) is 9.53. The number of carbonyl (C=O) groups is 1. The van der Waals surface area contributed by atoms with E-state index < -0.39 is 0 Å². The van der Waals surface area contributed by atoms with Gasteiger partial charge in [0.2, 0.25) is 5.91 Å². The lowest BCUT2D eigenvalue weighted by atomic mass is 9.49. The molecule has 2 aromatic rings. The van der Waals surface area contributed by atoms with Crippen molar-refractivity contribution in [1.29, 1.82) is 0 Å². The first-order valence-electron chi connectivity index (χ1n) is 10.6. The number of carbonyl (C=O) groups excluding carboxylic acids is 1. The van der Waals surface area contributed by atoms with Crippen LogP contribution in [0.1, 0.15) is 50.5 Å². The summed E-state index contributed by atoms with van der Waals surface area (Å²) in [6, 6.07) is 4.03. The molecule has 7 rings (SSSR count). The Bertz CT molecular complexity index is 905. The summed E-state index contributed by atoms with van der Waals surface area (Å²) in [5, 5.41) is 0. The molecule has 27 heavy (non-hydrogen) atoms. The lowest BCUT2D eigenvalue weighted by Crippen LogP contribution is -2.55. The molecule has 4 bridgehead atoms. The van der Waals surface area contributed by atoms with Crippen molar-refractivity contribution < 1.29 is 4.79 Å². The topological polar surface area (TPSA) is 49.0 Å². The van der Waals surface area contributed by atoms with Crippen LogP contribution in [0.3, 0.4) is 0 Å². The van der Waals surface area contributed by atoms with Gasteiger partial charge in [0.15, 0.2) is 0 Å². The van der Waals surface area contributed by atoms with Gasteiger partial charge in [0.25, 0.3) is 0 Å². The van der Waals surface area contributed by atoms with Crippen LogP contribution in [0.4, 0.5) is 0 Å². The summed E-state index contributed by atoms with van der Waals surface area (Å²) in [7, 11) is 0. The monoisotopic (exact) mass is 361 g/mol. The van der Waals surface area contributed by atoms with E-state index in [0.717, 1.165) is 67.6 Å². The van der Waals surface area contributed by atoms with Crippen LogP contribution in [0, 0.1) is 23.2 Å². The van der Waals surface area contributed by atoms with Crippen molar-refractivity contribution in [2.45, 2.75) is 44.9 Å². The van der Waals surface area contributed by atoms with Gasteiger partial charge in [-0.2, -0.15) is 0 Å². The van der Waals surface area contributed by atoms with Gasteiger partial charge in [0, 0.05) is 31.0 Å². The standard InChI is InChI=1S/C23H27N3O/c27-22(23-11-15-8-16(12-23)10-17(9-15)13-23)26-6-3-18(4-7-26)19-14-25-20-2-1-5-24-21(19)20/h1-3,5,14-17,25H,4,6-13H2. The summed E-state index contributed by atoms with van der Waals surface area (Å²) in [5.74, 6) is 2.95. The van der Waals surface area contributed by atoms with E-state index in [0.29, 0.717) is 5.91 Å². The van der Waals surface area contributed by atoms with Crippen LogP contribution < -0.4 is 0 Å². The Labute approximate surface area is 160 Å². The molecule has 4 fully saturated rings. The fraction of sp³-hybridized carbons (Fsp3) is 0.565. The molecule has 5 aliphatic rings. The maximum absolute atomic E-state index is 13.5. The van der Waals surface area contributed by atoms with E-state index >= 15 is 0 Å². The smallest absolute Gasteiger partial charge is 0.229 e. The number of H-pyrrole nitrogens is 1. The molecular formula is C23H27N3O. The van der Waals surface area contributed by atoms with E-state index in [1.165, 1.54) is 30.4 Å². The van der Waals surface area contributed by atoms with Crippen molar-refractivity contribution in [3.63, 3.8) is 0 Å². The van der Waals surface area contributed by atoms with Gasteiger partial charge in [-0.1, -0.05) is 6.08 Å². The number of hydrogen-bond donors (Lipinski definition) is 1. The molecule has 4 aliphatic carbocycles. The number of aromatic nitrogens is 2. The summed E-state index contributed by atoms with van der Waals surface area (Å²) >= 11 is 0. The minimum absolute atomic E-state index is 0.0115. The van der Waals surface area contributed by atoms with Crippen molar-refractivity contribution in [3.8, 4) is 0 Å². The van der Waals surface area contributed by atoms with Crippen molar-refractivity contribution in [2.75, 3.05) is 13.1 Å². The summed E-state index contributed by atoms with van der Waals surface area (Å²) in [6.45, 7) is 1.61. The number of hydrogen-bond acceptors (Lipinski definition) is 2. The molecular weight excluding hydrogens is 334 g/mol. The average Bonchev–Trinajstić information content (AvgIpc) is 3.11. The number of nitrogens with zero attached hydrogens (tertiary/aromatic N) is 2. The normalized spacial score (nSPS) is 34.9. The molecule has 1 amide bonds. The van der Waals surface area contributed by atoms with Crippen LogP contribution in [-0.2, 0) is 4.79 Å². The molecule has 4 nitrogen and oxygen atoms in total. The molecule has 2 aromatic heterocycles. The average molecular weight is 361 g/mol. The first-order chi connectivity index (χ1) is 13.2. The van der Waals surface area contributed by atoms with Crippen LogP contribution in [0.2, 0.25) is 0 Å². The summed E-state index contributed by atoms with van der Waals surface area (Å²) in [6.07, 6.45) is 14.8. The van der Waals surface area contributed by atoms with E-state index in [2.05, 4.69) is 33.2 Å². The highest BCUT2D eigenvalue weighted by Crippen LogP contribution is 2.60. The van der Waals surface area contributed by atoms with Crippen molar-refractivity contribution in [1.82, 2.24) is 14.9 Å². The Kier molecular flexibility index (Phi) is 3.36. The van der Waals surface area contributed by atoms with Crippen LogP contribution in [0.15, 0.2) is 30.6 Å². The summed E-state index contributed by atoms with van der Waals surface area (Å²) < 4.78 is 0. The van der Waals surface area contributed by atoms with Gasteiger partial charge < -0.3 is 9.88 Å². The Morgan fingerprint density at radius 2 is 1.89 bits per heavy atom. The van der Waals surface area contributed by atoms with E-state index in [9.17, 15) is 4.79 Å². The highest BCUT2D eigenvalue weighted by atomic mass is 16.2. The minimum Gasteiger partial charge on any atom is -0.359 e. The number of fused-ring (bicyclic) bond motifs is 1. The van der Waals surface area contributed by atoms with Gasteiger partial charge in [-0.15, -0.1) is 0 Å². The van der Waals surface area contributed by atoms with Gasteiger partial charge >= 0.3 is 0 Å². The molecule has 0 saturated heterocycles. The predicted octanol–water partition coefficient (Wildman–Crippen LogP) is 4.40. The van der Waals surface area contributed by atoms with Gasteiger partial charge in [-0.3, -0.25) is 9.78 Å². The molecule has 3 heterocycles. The second kappa shape index (κ2) is 5.70. The van der Waals surface area contributed by atoms with Gasteiger partial charge in [0.05, 0.1) is 16.4 Å². The first-order valence-corrected chi connectivity index (χ1v) is 10.6. The predicted molar refractivity (Wildman–Crippen MR) is 106 cm³/mol. The molecule has 0 unspecified atom stereocenters. The molecule has 1 aliphatic heterocycles. The van der Waals surface area contributed by atoms with E-state index in [1.54, 1.807) is 0 Å². The number of nitrogens with one attached hydrogen (secondary N) is 1. The Morgan fingerprint density at radius 3 is 2.56 bits per heavy atom. The Morgan fingerprint density at radius 1 is 1.15 bits per heavy atom. The number of amides is 1. The third-order valence-corrected chi connectivity index (χ3v) is 7.77. The molecule has 4 heteroatoms. The molecule has 140 valence electrons. The maximum Gasteiger partial charge on any atom is 0.229 e. The van der Waals surface area contributed by atoms with Crippen LogP contribution in [0.5, 0.6) is 0 Å². The number of rotatable bonds is 2. The van der Waals surface area contributed by atoms with Crippen LogP contribution in [0.25, 0.3) is 16.6 Å². The van der Waals surface area contributed by atoms with Crippen LogP contribution >= 0.6 is 0 Å². The zero-order chi connectivity index (χ0) is 18.0. The SMILES string of the molecule is O=C(N1CC=C(c2c[nH]c3cccnc23)CC1)C12CC3CC(CC(C3)C1)C2. The molecule has 0 spiro atoms. The minimum atomic E-state index is -0.0115. The zero-order valence-corrected chi connectivity index (χ0v) is 15.8. The number of aromatic amines is 1. The molecule has 0 atom stereocenters. The first kappa shape index (κ1) is 15.9. The van der Waals surface area contributed by atoms with E-state index in [1.807, 2.05) is 12.3 Å². The maximum atomic E-state index is 13.5. The highest BCUT2D eigenvalue weighted by molar-refractivity contribution is 5.90. The lowest BCUT2D eigenvalue weighted by molar-refractivity contribution is -0.157. The van der Waals surface area contributed by atoms with Crippen molar-refractivity contribution in [2.24, 2.45) is 23.2 Å². The highest BCUT2D eigenvalue weighted by Gasteiger charge is 2.55. The summed E-state index contributed by atoms with van der Waals surface area (Å²) in [5.41, 5.74) is 4.65. The zero-order valence-electron chi connectivity index (χ0n) is 15.8. The Hall–Kier alpha value is -2.10. The third-order valence-electron chi connectivity index (χ3n) is 7.77.